The smallest absolute Gasteiger partial charge is 0.233 e. The van der Waals surface area contributed by atoms with E-state index >= 15 is 0 Å². The lowest BCUT2D eigenvalue weighted by Crippen LogP contribution is -2.39. The number of benzene rings is 2. The number of fused-ring (bicyclic) bond motifs is 2. The molecule has 0 saturated carbocycles. The number of likely N-dealkylation sites (N-methyl/N-ethyl adjacent to an activating group) is 1. The van der Waals surface area contributed by atoms with Gasteiger partial charge in [0.1, 0.15) is 0 Å². The molecule has 7 heteroatoms. The van der Waals surface area contributed by atoms with E-state index in [0.29, 0.717) is 18.7 Å². The van der Waals surface area contributed by atoms with Gasteiger partial charge in [0.05, 0.1) is 16.6 Å². The summed E-state index contributed by atoms with van der Waals surface area (Å²) >= 11 is 1.58. The van der Waals surface area contributed by atoms with Crippen LogP contribution in [-0.2, 0) is 11.2 Å². The van der Waals surface area contributed by atoms with E-state index in [1.54, 1.807) is 11.3 Å². The zero-order chi connectivity index (χ0) is 21.1. The molecule has 1 amide bonds. The van der Waals surface area contributed by atoms with Gasteiger partial charge in [-0.05, 0) is 49.3 Å². The van der Waals surface area contributed by atoms with Gasteiger partial charge in [-0.25, -0.2) is 4.98 Å². The van der Waals surface area contributed by atoms with Gasteiger partial charge in [0.15, 0.2) is 16.6 Å². The van der Waals surface area contributed by atoms with Crippen molar-refractivity contribution in [2.45, 2.75) is 27.2 Å². The number of rotatable bonds is 8. The highest BCUT2D eigenvalue weighted by Gasteiger charge is 2.22. The van der Waals surface area contributed by atoms with Crippen LogP contribution in [0.2, 0.25) is 0 Å². The molecule has 1 aliphatic heterocycles. The van der Waals surface area contributed by atoms with Crippen molar-refractivity contribution in [2.75, 3.05) is 37.9 Å². The zero-order valence-electron chi connectivity index (χ0n) is 17.7. The SMILES string of the molecule is CCN(CC)CCN(C(=O)Cc1ccc2c(c1)OCO2)c1nc2c(C)cccc2s1. The molecular formula is C23H27N3O3S. The average Bonchev–Trinajstić information content (AvgIpc) is 3.38. The fourth-order valence-corrected chi connectivity index (χ4v) is 4.71. The van der Waals surface area contributed by atoms with Crippen LogP contribution in [0.1, 0.15) is 25.0 Å². The summed E-state index contributed by atoms with van der Waals surface area (Å²) in [6.07, 6.45) is 0.295. The molecule has 0 bridgehead atoms. The number of carbonyl (C=O) groups excluding carboxylic acids is 1. The highest BCUT2D eigenvalue weighted by Crippen LogP contribution is 2.34. The molecule has 158 valence electrons. The first kappa shape index (κ1) is 20.6. The highest BCUT2D eigenvalue weighted by atomic mass is 32.1. The maximum atomic E-state index is 13.4. The Bertz CT molecular complexity index is 1050. The number of hydrogen-bond donors (Lipinski definition) is 0. The summed E-state index contributed by atoms with van der Waals surface area (Å²) in [5, 5.41) is 0.761. The Morgan fingerprint density at radius 3 is 2.67 bits per heavy atom. The molecule has 0 fully saturated rings. The number of para-hydroxylation sites is 1. The van der Waals surface area contributed by atoms with Crippen LogP contribution in [0.3, 0.4) is 0 Å². The second-order valence-electron chi connectivity index (χ2n) is 7.35. The summed E-state index contributed by atoms with van der Waals surface area (Å²) in [4.78, 5) is 22.3. The summed E-state index contributed by atoms with van der Waals surface area (Å²) in [6, 6.07) is 11.8. The summed E-state index contributed by atoms with van der Waals surface area (Å²) < 4.78 is 11.9. The van der Waals surface area contributed by atoms with E-state index in [-0.39, 0.29) is 12.7 Å². The molecule has 4 rings (SSSR count). The van der Waals surface area contributed by atoms with Gasteiger partial charge >= 0.3 is 0 Å². The molecule has 0 saturated heterocycles. The molecule has 0 aliphatic carbocycles. The van der Waals surface area contributed by atoms with Crippen LogP contribution in [0.4, 0.5) is 5.13 Å². The number of ether oxygens (including phenoxy) is 2. The molecule has 30 heavy (non-hydrogen) atoms. The number of anilines is 1. The van der Waals surface area contributed by atoms with E-state index < -0.39 is 0 Å². The molecule has 1 aliphatic rings. The van der Waals surface area contributed by atoms with Crippen LogP contribution in [0, 0.1) is 6.92 Å². The van der Waals surface area contributed by atoms with Gasteiger partial charge in [0.25, 0.3) is 0 Å². The van der Waals surface area contributed by atoms with Gasteiger partial charge in [-0.2, -0.15) is 0 Å². The van der Waals surface area contributed by atoms with Gasteiger partial charge < -0.3 is 14.4 Å². The molecule has 6 nitrogen and oxygen atoms in total. The number of aromatic nitrogens is 1. The third-order valence-electron chi connectivity index (χ3n) is 5.47. The fourth-order valence-electron chi connectivity index (χ4n) is 3.62. The van der Waals surface area contributed by atoms with E-state index in [1.807, 2.05) is 29.2 Å². The molecule has 1 aromatic heterocycles. The van der Waals surface area contributed by atoms with Crippen molar-refractivity contribution >= 4 is 32.6 Å². The van der Waals surface area contributed by atoms with Crippen LogP contribution >= 0.6 is 11.3 Å². The Morgan fingerprint density at radius 2 is 1.90 bits per heavy atom. The normalized spacial score (nSPS) is 12.7. The fraction of sp³-hybridized carbons (Fsp3) is 0.391. The van der Waals surface area contributed by atoms with Crippen molar-refractivity contribution in [1.82, 2.24) is 9.88 Å². The summed E-state index contributed by atoms with van der Waals surface area (Å²) in [6.45, 7) is 9.92. The third-order valence-corrected chi connectivity index (χ3v) is 6.51. The number of amides is 1. The summed E-state index contributed by atoms with van der Waals surface area (Å²) in [7, 11) is 0. The minimum atomic E-state index is 0.0396. The lowest BCUT2D eigenvalue weighted by atomic mass is 10.1. The quantitative estimate of drug-likeness (QED) is 0.540. The van der Waals surface area contributed by atoms with Crippen LogP contribution < -0.4 is 14.4 Å². The molecule has 2 aromatic carbocycles. The molecule has 2 heterocycles. The van der Waals surface area contributed by atoms with Crippen LogP contribution in [0.5, 0.6) is 11.5 Å². The first-order valence-electron chi connectivity index (χ1n) is 10.4. The summed E-state index contributed by atoms with van der Waals surface area (Å²) in [5.74, 6) is 1.47. The molecule has 0 N–H and O–H groups in total. The van der Waals surface area contributed by atoms with Crippen molar-refractivity contribution in [3.8, 4) is 11.5 Å². The third kappa shape index (κ3) is 4.27. The minimum Gasteiger partial charge on any atom is -0.454 e. The topological polar surface area (TPSA) is 54.9 Å². The Kier molecular flexibility index (Phi) is 6.20. The monoisotopic (exact) mass is 425 g/mol. The maximum absolute atomic E-state index is 13.4. The zero-order valence-corrected chi connectivity index (χ0v) is 18.5. The Morgan fingerprint density at radius 1 is 1.10 bits per heavy atom. The first-order valence-corrected chi connectivity index (χ1v) is 11.2. The van der Waals surface area contributed by atoms with Gasteiger partial charge in [-0.3, -0.25) is 9.69 Å². The minimum absolute atomic E-state index is 0.0396. The number of hydrogen-bond acceptors (Lipinski definition) is 6. The Balaban J connectivity index is 1.60. The van der Waals surface area contributed by atoms with Crippen molar-refractivity contribution in [1.29, 1.82) is 0 Å². The number of thiazole rings is 1. The van der Waals surface area contributed by atoms with Crippen molar-refractivity contribution in [3.05, 3.63) is 47.5 Å². The summed E-state index contributed by atoms with van der Waals surface area (Å²) in [5.41, 5.74) is 3.01. The maximum Gasteiger partial charge on any atom is 0.233 e. The number of nitrogens with zero attached hydrogens (tertiary/aromatic N) is 3. The van der Waals surface area contributed by atoms with E-state index in [4.69, 9.17) is 14.5 Å². The second kappa shape index (κ2) is 9.02. The van der Waals surface area contributed by atoms with Crippen LogP contribution in [0.25, 0.3) is 10.2 Å². The van der Waals surface area contributed by atoms with Gasteiger partial charge in [-0.15, -0.1) is 0 Å². The number of carbonyl (C=O) groups is 1. The van der Waals surface area contributed by atoms with Gasteiger partial charge in [-0.1, -0.05) is 43.4 Å². The predicted molar refractivity (Wildman–Crippen MR) is 121 cm³/mol. The van der Waals surface area contributed by atoms with Gasteiger partial charge in [0.2, 0.25) is 12.7 Å². The van der Waals surface area contributed by atoms with Crippen molar-refractivity contribution in [2.24, 2.45) is 0 Å². The molecule has 0 radical (unpaired) electrons. The lowest BCUT2D eigenvalue weighted by molar-refractivity contribution is -0.118. The Hall–Kier alpha value is -2.64. The average molecular weight is 426 g/mol. The molecule has 0 unspecified atom stereocenters. The van der Waals surface area contributed by atoms with Crippen LogP contribution in [0.15, 0.2) is 36.4 Å². The van der Waals surface area contributed by atoms with Crippen molar-refractivity contribution < 1.29 is 14.3 Å². The van der Waals surface area contributed by atoms with E-state index in [0.717, 1.165) is 51.9 Å². The standard InChI is InChI=1S/C23H27N3O3S/c1-4-25(5-2)11-12-26(23-24-22-16(3)7-6-8-20(22)30-23)21(27)14-17-9-10-18-19(13-17)29-15-28-18/h6-10,13H,4-5,11-12,14-15H2,1-3H3. The predicted octanol–water partition coefficient (Wildman–Crippen LogP) is 4.25. The number of aryl methyl sites for hydroxylation is 1. The molecule has 0 atom stereocenters. The molecular weight excluding hydrogens is 398 g/mol. The van der Waals surface area contributed by atoms with E-state index in [2.05, 4.69) is 37.8 Å². The molecule has 0 spiro atoms. The van der Waals surface area contributed by atoms with Crippen molar-refractivity contribution in [3.63, 3.8) is 0 Å². The van der Waals surface area contributed by atoms with Gasteiger partial charge in [0, 0.05) is 13.1 Å². The largest absolute Gasteiger partial charge is 0.454 e. The lowest BCUT2D eigenvalue weighted by Gasteiger charge is -2.24. The van der Waals surface area contributed by atoms with Crippen LogP contribution in [-0.4, -0.2) is 48.8 Å². The highest BCUT2D eigenvalue weighted by molar-refractivity contribution is 7.22. The second-order valence-corrected chi connectivity index (χ2v) is 8.36. The Labute approximate surface area is 181 Å². The molecule has 3 aromatic rings. The van der Waals surface area contributed by atoms with E-state index in [1.165, 1.54) is 0 Å². The first-order chi connectivity index (χ1) is 14.6. The van der Waals surface area contributed by atoms with E-state index in [9.17, 15) is 4.79 Å².